The van der Waals surface area contributed by atoms with Gasteiger partial charge in [0.1, 0.15) is 0 Å². The number of nitrogens with one attached hydrogen (secondary N) is 1. The summed E-state index contributed by atoms with van der Waals surface area (Å²) in [4.78, 5) is 23.5. The van der Waals surface area contributed by atoms with Gasteiger partial charge in [0.2, 0.25) is 5.91 Å². The first-order valence-electron chi connectivity index (χ1n) is 3.82. The van der Waals surface area contributed by atoms with Gasteiger partial charge in [0.15, 0.2) is 0 Å². The highest BCUT2D eigenvalue weighted by atomic mass is 35.5. The first-order chi connectivity index (χ1) is 5.65. The Morgan fingerprint density at radius 3 is 2.83 bits per heavy atom. The first kappa shape index (κ1) is 9.32. The third-order valence-corrected chi connectivity index (χ3v) is 1.87. The molecule has 3 amide bonds. The Morgan fingerprint density at radius 1 is 1.67 bits per heavy atom. The first-order valence-corrected chi connectivity index (χ1v) is 4.35. The van der Waals surface area contributed by atoms with Gasteiger partial charge in [-0.1, -0.05) is 0 Å². The van der Waals surface area contributed by atoms with E-state index < -0.39 is 0 Å². The molecular weight excluding hydrogens is 180 g/mol. The van der Waals surface area contributed by atoms with Gasteiger partial charge >= 0.3 is 6.03 Å². The number of nitrogens with zero attached hydrogens (tertiary/aromatic N) is 1. The number of halogens is 1. The minimum atomic E-state index is -0.334. The Labute approximate surface area is 75.9 Å². The molecule has 1 aliphatic rings. The third kappa shape index (κ3) is 1.88. The van der Waals surface area contributed by atoms with Crippen LogP contribution >= 0.6 is 11.6 Å². The topological polar surface area (TPSA) is 49.4 Å². The average molecular weight is 191 g/mol. The second kappa shape index (κ2) is 3.76. The van der Waals surface area contributed by atoms with Crippen LogP contribution in [0, 0.1) is 0 Å². The molecule has 1 N–H and O–H groups in total. The van der Waals surface area contributed by atoms with Crippen LogP contribution in [-0.2, 0) is 4.79 Å². The molecule has 1 fully saturated rings. The van der Waals surface area contributed by atoms with Gasteiger partial charge in [-0.05, 0) is 6.92 Å². The van der Waals surface area contributed by atoms with E-state index in [-0.39, 0.29) is 23.9 Å². The normalized spacial score (nSPS) is 24.2. The summed E-state index contributed by atoms with van der Waals surface area (Å²) >= 11 is 5.43. The molecule has 1 unspecified atom stereocenters. The maximum absolute atomic E-state index is 11.2. The highest BCUT2D eigenvalue weighted by Crippen LogP contribution is 2.06. The molecule has 5 heteroatoms. The monoisotopic (exact) mass is 190 g/mol. The number of imide groups is 1. The minimum absolute atomic E-state index is 0.0587. The Balaban J connectivity index is 2.61. The van der Waals surface area contributed by atoms with Crippen molar-refractivity contribution in [3.63, 3.8) is 0 Å². The number of alkyl halides is 1. The summed E-state index contributed by atoms with van der Waals surface area (Å²) in [6.45, 7) is 2.09. The predicted molar refractivity (Wildman–Crippen MR) is 45.0 cm³/mol. The van der Waals surface area contributed by atoms with Crippen molar-refractivity contribution in [3.8, 4) is 0 Å². The van der Waals surface area contributed by atoms with Gasteiger partial charge in [0.25, 0.3) is 0 Å². The van der Waals surface area contributed by atoms with Gasteiger partial charge in [-0.15, -0.1) is 11.6 Å². The quantitative estimate of drug-likeness (QED) is 0.647. The van der Waals surface area contributed by atoms with Crippen molar-refractivity contribution < 1.29 is 9.59 Å². The van der Waals surface area contributed by atoms with Crippen molar-refractivity contribution in [1.29, 1.82) is 0 Å². The lowest BCUT2D eigenvalue weighted by Gasteiger charge is -2.28. The van der Waals surface area contributed by atoms with Gasteiger partial charge in [-0.3, -0.25) is 9.69 Å². The van der Waals surface area contributed by atoms with Crippen LogP contribution < -0.4 is 5.32 Å². The Hall–Kier alpha value is -0.770. The van der Waals surface area contributed by atoms with E-state index >= 15 is 0 Å². The molecule has 0 aromatic carbocycles. The molecule has 0 radical (unpaired) electrons. The molecule has 1 rings (SSSR count). The van der Waals surface area contributed by atoms with E-state index in [4.69, 9.17) is 11.6 Å². The van der Waals surface area contributed by atoms with Gasteiger partial charge in [-0.25, -0.2) is 4.79 Å². The number of hydrogen-bond donors (Lipinski definition) is 1. The Morgan fingerprint density at radius 2 is 2.33 bits per heavy atom. The maximum Gasteiger partial charge on any atom is 0.324 e. The zero-order valence-corrected chi connectivity index (χ0v) is 7.60. The minimum Gasteiger partial charge on any atom is -0.335 e. The smallest absolute Gasteiger partial charge is 0.324 e. The molecule has 0 bridgehead atoms. The zero-order chi connectivity index (χ0) is 9.14. The van der Waals surface area contributed by atoms with Gasteiger partial charge < -0.3 is 5.32 Å². The van der Waals surface area contributed by atoms with E-state index in [0.29, 0.717) is 13.0 Å². The second-order valence-electron chi connectivity index (χ2n) is 2.79. The molecule has 1 saturated heterocycles. The van der Waals surface area contributed by atoms with Crippen LogP contribution in [0.25, 0.3) is 0 Å². The fourth-order valence-electron chi connectivity index (χ4n) is 1.14. The lowest BCUT2D eigenvalue weighted by molar-refractivity contribution is -0.129. The van der Waals surface area contributed by atoms with Crippen LogP contribution in [0.15, 0.2) is 0 Å². The Kier molecular flexibility index (Phi) is 2.92. The summed E-state index contributed by atoms with van der Waals surface area (Å²) in [6, 6.07) is -0.393. The van der Waals surface area contributed by atoms with Crippen LogP contribution in [0.5, 0.6) is 0 Å². The summed E-state index contributed by atoms with van der Waals surface area (Å²) in [5, 5.41) is 2.65. The summed E-state index contributed by atoms with van der Waals surface area (Å²) in [6.07, 6.45) is 0.364. The van der Waals surface area contributed by atoms with E-state index in [1.807, 2.05) is 0 Å². The number of carbonyl (C=O) groups is 2. The zero-order valence-electron chi connectivity index (χ0n) is 6.84. The molecule has 68 valence electrons. The van der Waals surface area contributed by atoms with E-state index in [0.717, 1.165) is 4.90 Å². The number of amides is 3. The molecule has 1 atom stereocenters. The number of urea groups is 1. The fraction of sp³-hybridized carbons (Fsp3) is 0.714. The van der Waals surface area contributed by atoms with Gasteiger partial charge in [0.05, 0.1) is 0 Å². The standard InChI is InChI=1S/C7H11ClN2O2/c1-5-4-6(11)10(3-2-8)7(12)9-5/h5H,2-4H2,1H3,(H,9,12). The largest absolute Gasteiger partial charge is 0.335 e. The van der Waals surface area contributed by atoms with E-state index in [1.165, 1.54) is 0 Å². The molecule has 0 aliphatic carbocycles. The average Bonchev–Trinajstić information content (AvgIpc) is 1.96. The maximum atomic E-state index is 11.2. The molecular formula is C7H11ClN2O2. The summed E-state index contributed by atoms with van der Waals surface area (Å²) in [5.41, 5.74) is 0. The second-order valence-corrected chi connectivity index (χ2v) is 3.17. The van der Waals surface area contributed by atoms with E-state index in [9.17, 15) is 9.59 Å². The SMILES string of the molecule is CC1CC(=O)N(CCCl)C(=O)N1. The van der Waals surface area contributed by atoms with E-state index in [1.54, 1.807) is 6.92 Å². The number of rotatable bonds is 2. The fourth-order valence-corrected chi connectivity index (χ4v) is 1.30. The molecule has 1 heterocycles. The number of hydrogen-bond acceptors (Lipinski definition) is 2. The van der Waals surface area contributed by atoms with Crippen LogP contribution in [0.2, 0.25) is 0 Å². The highest BCUT2D eigenvalue weighted by Gasteiger charge is 2.28. The Bertz CT molecular complexity index is 190. The van der Waals surface area contributed by atoms with Crippen LogP contribution in [-0.4, -0.2) is 35.3 Å². The van der Waals surface area contributed by atoms with Crippen molar-refractivity contribution in [1.82, 2.24) is 10.2 Å². The van der Waals surface area contributed by atoms with Crippen molar-refractivity contribution in [2.75, 3.05) is 12.4 Å². The third-order valence-electron chi connectivity index (χ3n) is 1.71. The summed E-state index contributed by atoms with van der Waals surface area (Å²) in [7, 11) is 0. The van der Waals surface area contributed by atoms with Crippen LogP contribution in [0.1, 0.15) is 13.3 Å². The molecule has 1 aliphatic heterocycles. The van der Waals surface area contributed by atoms with Gasteiger partial charge in [0, 0.05) is 24.9 Å². The van der Waals surface area contributed by atoms with Crippen molar-refractivity contribution >= 4 is 23.5 Å². The van der Waals surface area contributed by atoms with Crippen LogP contribution in [0.4, 0.5) is 4.79 Å². The summed E-state index contributed by atoms with van der Waals surface area (Å²) in [5.74, 6) is 0.139. The number of carbonyl (C=O) groups excluding carboxylic acids is 2. The predicted octanol–water partition coefficient (Wildman–Crippen LogP) is 0.556. The molecule has 4 nitrogen and oxygen atoms in total. The molecule has 0 aromatic heterocycles. The van der Waals surface area contributed by atoms with Crippen molar-refractivity contribution in [3.05, 3.63) is 0 Å². The molecule has 12 heavy (non-hydrogen) atoms. The molecule has 0 spiro atoms. The lowest BCUT2D eigenvalue weighted by atomic mass is 10.2. The van der Waals surface area contributed by atoms with Gasteiger partial charge in [-0.2, -0.15) is 0 Å². The van der Waals surface area contributed by atoms with E-state index in [2.05, 4.69) is 5.32 Å². The molecule has 0 saturated carbocycles. The van der Waals surface area contributed by atoms with Crippen molar-refractivity contribution in [2.45, 2.75) is 19.4 Å². The molecule has 0 aromatic rings. The highest BCUT2D eigenvalue weighted by molar-refractivity contribution is 6.18. The lowest BCUT2D eigenvalue weighted by Crippen LogP contribution is -2.54. The summed E-state index contributed by atoms with van der Waals surface area (Å²) < 4.78 is 0. The van der Waals surface area contributed by atoms with Crippen LogP contribution in [0.3, 0.4) is 0 Å². The van der Waals surface area contributed by atoms with Crippen molar-refractivity contribution in [2.24, 2.45) is 0 Å².